The molecule has 1 amide bonds. The molecule has 0 atom stereocenters. The number of aryl methyl sites for hydroxylation is 3. The molecule has 0 unspecified atom stereocenters. The Morgan fingerprint density at radius 3 is 2.57 bits per heavy atom. The topological polar surface area (TPSA) is 94.8 Å². The van der Waals surface area contributed by atoms with E-state index in [0.717, 1.165) is 26.9 Å². The summed E-state index contributed by atoms with van der Waals surface area (Å²) in [5, 5.41) is 21.4. The smallest absolute Gasteiger partial charge is 0.236 e. The third kappa shape index (κ3) is 5.00. The van der Waals surface area contributed by atoms with Crippen LogP contribution in [0.15, 0.2) is 17.3 Å². The highest BCUT2D eigenvalue weighted by atomic mass is 35.5. The molecule has 1 aromatic carbocycles. The van der Waals surface area contributed by atoms with Crippen LogP contribution in [0.3, 0.4) is 0 Å². The fourth-order valence-corrected chi connectivity index (χ4v) is 3.81. The van der Waals surface area contributed by atoms with E-state index < -0.39 is 0 Å². The SMILES string of the molecule is Cc1nnc(NC(=O)CSc2nnc(COc3cc(C)c(Cl)c(C)c3)n2C)s1. The molecule has 0 aliphatic heterocycles. The maximum atomic E-state index is 12.0. The van der Waals surface area contributed by atoms with Crippen molar-refractivity contribution in [3.63, 3.8) is 0 Å². The number of carbonyl (C=O) groups is 1. The Hall–Kier alpha value is -2.17. The van der Waals surface area contributed by atoms with Crippen molar-refractivity contribution >= 4 is 45.7 Å². The summed E-state index contributed by atoms with van der Waals surface area (Å²) in [5.41, 5.74) is 1.92. The number of hydrogen-bond donors (Lipinski definition) is 1. The van der Waals surface area contributed by atoms with Crippen LogP contribution in [0.1, 0.15) is 22.0 Å². The van der Waals surface area contributed by atoms with Crippen LogP contribution >= 0.6 is 34.7 Å². The Bertz CT molecular complexity index is 980. The van der Waals surface area contributed by atoms with Gasteiger partial charge in [-0.25, -0.2) is 0 Å². The maximum Gasteiger partial charge on any atom is 0.236 e. The van der Waals surface area contributed by atoms with Gasteiger partial charge in [0.15, 0.2) is 11.0 Å². The number of rotatable bonds is 7. The van der Waals surface area contributed by atoms with Crippen LogP contribution in [0.25, 0.3) is 0 Å². The molecule has 0 radical (unpaired) electrons. The van der Waals surface area contributed by atoms with E-state index in [4.69, 9.17) is 16.3 Å². The van der Waals surface area contributed by atoms with Crippen LogP contribution in [0.5, 0.6) is 5.75 Å². The van der Waals surface area contributed by atoms with Crippen molar-refractivity contribution in [2.45, 2.75) is 32.5 Å². The number of aromatic nitrogens is 5. The van der Waals surface area contributed by atoms with Crippen molar-refractivity contribution in [3.05, 3.63) is 39.1 Å². The van der Waals surface area contributed by atoms with E-state index in [-0.39, 0.29) is 18.3 Å². The van der Waals surface area contributed by atoms with Crippen molar-refractivity contribution < 1.29 is 9.53 Å². The zero-order chi connectivity index (χ0) is 20.3. The minimum atomic E-state index is -0.172. The molecule has 3 rings (SSSR count). The van der Waals surface area contributed by atoms with Gasteiger partial charge in [-0.15, -0.1) is 20.4 Å². The molecule has 0 spiro atoms. The molecular weight excluding hydrogens is 420 g/mol. The van der Waals surface area contributed by atoms with Gasteiger partial charge in [0.2, 0.25) is 11.0 Å². The highest BCUT2D eigenvalue weighted by Gasteiger charge is 2.13. The van der Waals surface area contributed by atoms with Gasteiger partial charge in [-0.1, -0.05) is 34.7 Å². The Morgan fingerprint density at radius 1 is 1.21 bits per heavy atom. The predicted molar refractivity (Wildman–Crippen MR) is 110 cm³/mol. The molecule has 28 heavy (non-hydrogen) atoms. The highest BCUT2D eigenvalue weighted by molar-refractivity contribution is 7.99. The number of halogens is 1. The maximum absolute atomic E-state index is 12.0. The predicted octanol–water partition coefficient (Wildman–Crippen LogP) is 3.56. The molecule has 1 N–H and O–H groups in total. The average molecular weight is 439 g/mol. The van der Waals surface area contributed by atoms with Crippen molar-refractivity contribution in [1.82, 2.24) is 25.0 Å². The van der Waals surface area contributed by atoms with E-state index in [2.05, 4.69) is 25.7 Å². The second-order valence-corrected chi connectivity index (χ2v) is 8.58. The van der Waals surface area contributed by atoms with Gasteiger partial charge in [-0.3, -0.25) is 10.1 Å². The largest absolute Gasteiger partial charge is 0.486 e. The molecule has 0 aliphatic rings. The van der Waals surface area contributed by atoms with E-state index in [0.29, 0.717) is 16.1 Å². The first-order valence-corrected chi connectivity index (χ1v) is 10.5. The summed E-state index contributed by atoms with van der Waals surface area (Å²) < 4.78 is 7.63. The monoisotopic (exact) mass is 438 g/mol. The number of amides is 1. The molecular formula is C17H19ClN6O2S2. The van der Waals surface area contributed by atoms with Crippen molar-refractivity contribution in [3.8, 4) is 5.75 Å². The van der Waals surface area contributed by atoms with Gasteiger partial charge in [0.25, 0.3) is 0 Å². The van der Waals surface area contributed by atoms with Crippen LogP contribution in [-0.4, -0.2) is 36.6 Å². The number of thioether (sulfide) groups is 1. The van der Waals surface area contributed by atoms with E-state index in [1.165, 1.54) is 23.1 Å². The van der Waals surface area contributed by atoms with Crippen molar-refractivity contribution in [2.75, 3.05) is 11.1 Å². The molecule has 11 heteroatoms. The summed E-state index contributed by atoms with van der Waals surface area (Å²) in [6.07, 6.45) is 0. The summed E-state index contributed by atoms with van der Waals surface area (Å²) in [6, 6.07) is 3.78. The molecule has 2 aromatic heterocycles. The molecule has 148 valence electrons. The van der Waals surface area contributed by atoms with Crippen LogP contribution in [-0.2, 0) is 18.4 Å². The zero-order valence-electron chi connectivity index (χ0n) is 15.8. The second kappa shape index (κ2) is 8.89. The molecule has 0 aliphatic carbocycles. The van der Waals surface area contributed by atoms with Gasteiger partial charge < -0.3 is 9.30 Å². The first-order valence-electron chi connectivity index (χ1n) is 8.34. The first kappa shape index (κ1) is 20.6. The molecule has 0 saturated heterocycles. The molecule has 0 fully saturated rings. The minimum absolute atomic E-state index is 0.172. The quantitative estimate of drug-likeness (QED) is 0.563. The Morgan fingerprint density at radius 2 is 1.93 bits per heavy atom. The number of anilines is 1. The van der Waals surface area contributed by atoms with Crippen LogP contribution in [0, 0.1) is 20.8 Å². The van der Waals surface area contributed by atoms with Gasteiger partial charge in [0, 0.05) is 12.1 Å². The normalized spacial score (nSPS) is 10.9. The molecule has 8 nitrogen and oxygen atoms in total. The zero-order valence-corrected chi connectivity index (χ0v) is 18.2. The summed E-state index contributed by atoms with van der Waals surface area (Å²) in [4.78, 5) is 12.0. The Balaban J connectivity index is 1.55. The summed E-state index contributed by atoms with van der Waals surface area (Å²) in [5.74, 6) is 1.41. The summed E-state index contributed by atoms with van der Waals surface area (Å²) >= 11 is 8.81. The standard InChI is InChI=1S/C17H19ClN6O2S2/c1-9-5-12(6-10(2)15(9)18)26-7-13-21-23-17(24(13)4)27-8-14(25)19-16-22-20-11(3)28-16/h5-6H,7-8H2,1-4H3,(H,19,22,25). The summed E-state index contributed by atoms with van der Waals surface area (Å²) in [7, 11) is 1.84. The van der Waals surface area contributed by atoms with Crippen LogP contribution < -0.4 is 10.1 Å². The molecule has 3 aromatic rings. The lowest BCUT2D eigenvalue weighted by atomic mass is 10.1. The minimum Gasteiger partial charge on any atom is -0.486 e. The van der Waals surface area contributed by atoms with Gasteiger partial charge in [-0.05, 0) is 44.0 Å². The lowest BCUT2D eigenvalue weighted by molar-refractivity contribution is -0.113. The van der Waals surface area contributed by atoms with Gasteiger partial charge in [0.1, 0.15) is 17.4 Å². The Kier molecular flexibility index (Phi) is 6.53. The van der Waals surface area contributed by atoms with Gasteiger partial charge >= 0.3 is 0 Å². The van der Waals surface area contributed by atoms with Gasteiger partial charge in [0.05, 0.1) is 5.75 Å². The van der Waals surface area contributed by atoms with E-state index in [9.17, 15) is 4.79 Å². The summed E-state index contributed by atoms with van der Waals surface area (Å²) in [6.45, 7) is 5.97. The third-order valence-corrected chi connectivity index (χ3v) is 6.18. The number of benzene rings is 1. The van der Waals surface area contributed by atoms with Crippen LogP contribution in [0.2, 0.25) is 5.02 Å². The first-order chi connectivity index (χ1) is 13.3. The average Bonchev–Trinajstić information content (AvgIpc) is 3.21. The number of carbonyl (C=O) groups excluding carboxylic acids is 1. The molecule has 0 bridgehead atoms. The van der Waals surface area contributed by atoms with E-state index in [1.807, 2.05) is 44.5 Å². The van der Waals surface area contributed by atoms with Crippen molar-refractivity contribution in [1.29, 1.82) is 0 Å². The number of nitrogens with zero attached hydrogens (tertiary/aromatic N) is 5. The van der Waals surface area contributed by atoms with E-state index >= 15 is 0 Å². The molecule has 2 heterocycles. The fraction of sp³-hybridized carbons (Fsp3) is 0.353. The van der Waals surface area contributed by atoms with Crippen molar-refractivity contribution in [2.24, 2.45) is 7.05 Å². The highest BCUT2D eigenvalue weighted by Crippen LogP contribution is 2.26. The fourth-order valence-electron chi connectivity index (χ4n) is 2.37. The van der Waals surface area contributed by atoms with Crippen LogP contribution in [0.4, 0.5) is 5.13 Å². The van der Waals surface area contributed by atoms with E-state index in [1.54, 1.807) is 0 Å². The number of nitrogens with one attached hydrogen (secondary N) is 1. The Labute approximate surface area is 175 Å². The lowest BCUT2D eigenvalue weighted by Gasteiger charge is -2.10. The third-order valence-electron chi connectivity index (χ3n) is 3.81. The molecule has 0 saturated carbocycles. The van der Waals surface area contributed by atoms with Gasteiger partial charge in [-0.2, -0.15) is 0 Å². The lowest BCUT2D eigenvalue weighted by Crippen LogP contribution is -2.14. The second-order valence-electron chi connectivity index (χ2n) is 6.08. The number of ether oxygens (including phenoxy) is 1. The number of hydrogen-bond acceptors (Lipinski definition) is 8.